The molecule has 0 saturated heterocycles. The number of carboxylic acid groups (broad SMARTS) is 1. The average Bonchev–Trinajstić information content (AvgIpc) is 2.88. The van der Waals surface area contributed by atoms with E-state index in [9.17, 15) is 15.0 Å². The first-order valence-corrected chi connectivity index (χ1v) is 8.15. The molecular weight excluding hydrogens is 310 g/mol. The van der Waals surface area contributed by atoms with Gasteiger partial charge in [0.25, 0.3) is 0 Å². The Hall–Kier alpha value is -2.31. The van der Waals surface area contributed by atoms with E-state index in [-0.39, 0.29) is 11.7 Å². The van der Waals surface area contributed by atoms with Gasteiger partial charge < -0.3 is 19.5 Å². The number of aryl methyl sites for hydroxylation is 1. The number of ether oxygens (including phenoxy) is 1. The number of nitrogens with one attached hydrogen (secondary N) is 1. The molecule has 0 aromatic carbocycles. The van der Waals surface area contributed by atoms with Crippen molar-refractivity contribution in [2.24, 2.45) is 0 Å². The average molecular weight is 338 g/mol. The number of carboxylic acids is 1. The number of hydrogen-bond acceptors (Lipinski definition) is 3. The fourth-order valence-electron chi connectivity index (χ4n) is 2.05. The molecule has 0 atom stereocenters. The highest BCUT2D eigenvalue weighted by Crippen LogP contribution is 2.11. The first kappa shape index (κ1) is 19.7. The standard InChI is InChI=1S/C17H27N3O4/c1-5-9-20-11-14(19-12-20)10-13(15(21)22)7-6-8-18-16(23)24-17(2,3)4/h10-12H,5-9H2,1-4H3,(H,18,23)(H,21,22)/p+1/b13-10-. The van der Waals surface area contributed by atoms with E-state index in [1.54, 1.807) is 12.4 Å². The van der Waals surface area contributed by atoms with E-state index in [4.69, 9.17) is 4.74 Å². The summed E-state index contributed by atoms with van der Waals surface area (Å²) in [4.78, 5) is 18.3. The van der Waals surface area contributed by atoms with E-state index in [0.717, 1.165) is 13.0 Å². The maximum Gasteiger partial charge on any atom is 0.545 e. The van der Waals surface area contributed by atoms with E-state index in [1.165, 1.54) is 0 Å². The third-order valence-corrected chi connectivity index (χ3v) is 3.03. The largest absolute Gasteiger partial charge is 0.545 e. The molecule has 0 radical (unpaired) electrons. The molecule has 0 amide bonds. The highest BCUT2D eigenvalue weighted by atomic mass is 16.6. The lowest BCUT2D eigenvalue weighted by Gasteiger charge is -2.15. The molecule has 0 aliphatic carbocycles. The van der Waals surface area contributed by atoms with Gasteiger partial charge in [-0.05, 0) is 39.7 Å². The van der Waals surface area contributed by atoms with Crippen LogP contribution in [0.5, 0.6) is 0 Å². The number of aliphatic hydroxyl groups excluding tert-OH is 1. The van der Waals surface area contributed by atoms with Gasteiger partial charge in [0.1, 0.15) is 12.1 Å². The highest BCUT2D eigenvalue weighted by molar-refractivity contribution is 5.91. The maximum atomic E-state index is 11.3. The molecule has 1 heterocycles. The van der Waals surface area contributed by atoms with Crippen molar-refractivity contribution >= 4 is 18.1 Å². The van der Waals surface area contributed by atoms with Crippen molar-refractivity contribution in [1.82, 2.24) is 9.55 Å². The molecule has 0 aliphatic heterocycles. The van der Waals surface area contributed by atoms with Crippen molar-refractivity contribution in [3.8, 4) is 0 Å². The number of aliphatic carboxylic acids is 1. The van der Waals surface area contributed by atoms with Crippen molar-refractivity contribution in [2.45, 2.75) is 59.1 Å². The molecule has 0 unspecified atom stereocenters. The minimum absolute atomic E-state index is 0.248. The number of aromatic nitrogens is 2. The molecule has 0 spiro atoms. The van der Waals surface area contributed by atoms with Crippen molar-refractivity contribution < 1.29 is 24.7 Å². The summed E-state index contributed by atoms with van der Waals surface area (Å²) in [6.45, 7) is 8.82. The molecule has 134 valence electrons. The van der Waals surface area contributed by atoms with Gasteiger partial charge in [-0.1, -0.05) is 6.92 Å². The Kier molecular flexibility index (Phi) is 7.48. The molecule has 0 saturated carbocycles. The van der Waals surface area contributed by atoms with Gasteiger partial charge in [0.05, 0.1) is 12.0 Å². The van der Waals surface area contributed by atoms with Gasteiger partial charge in [0.2, 0.25) is 0 Å². The summed E-state index contributed by atoms with van der Waals surface area (Å²) >= 11 is 0. The number of carbonyl (C=O) groups is 1. The second-order valence-electron chi connectivity index (χ2n) is 6.56. The molecule has 1 aromatic heterocycles. The van der Waals surface area contributed by atoms with Crippen LogP contribution in [0.2, 0.25) is 0 Å². The van der Waals surface area contributed by atoms with E-state index in [0.29, 0.717) is 25.1 Å². The van der Waals surface area contributed by atoms with Crippen LogP contribution in [0.25, 0.3) is 6.08 Å². The molecule has 0 bridgehead atoms. The molecule has 7 heteroatoms. The second-order valence-corrected chi connectivity index (χ2v) is 6.56. The zero-order valence-corrected chi connectivity index (χ0v) is 14.9. The molecule has 1 aromatic rings. The molecule has 24 heavy (non-hydrogen) atoms. The van der Waals surface area contributed by atoms with Gasteiger partial charge in [-0.3, -0.25) is 0 Å². The van der Waals surface area contributed by atoms with Gasteiger partial charge in [-0.2, -0.15) is 4.99 Å². The van der Waals surface area contributed by atoms with E-state index >= 15 is 0 Å². The zero-order chi connectivity index (χ0) is 18.2. The Morgan fingerprint density at radius 2 is 2.12 bits per heavy atom. The van der Waals surface area contributed by atoms with E-state index in [2.05, 4.69) is 16.9 Å². The Morgan fingerprint density at radius 1 is 1.42 bits per heavy atom. The fourth-order valence-corrected chi connectivity index (χ4v) is 2.05. The van der Waals surface area contributed by atoms with Crippen LogP contribution >= 0.6 is 0 Å². The third kappa shape index (κ3) is 7.80. The summed E-state index contributed by atoms with van der Waals surface area (Å²) in [5.74, 6) is -0.959. The Bertz CT molecular complexity index is 597. The van der Waals surface area contributed by atoms with Crippen molar-refractivity contribution in [3.63, 3.8) is 0 Å². The lowest BCUT2D eigenvalue weighted by molar-refractivity contribution is -0.481. The normalized spacial score (nSPS) is 13.2. The number of nitrogens with zero attached hydrogens (tertiary/aromatic N) is 2. The monoisotopic (exact) mass is 338 g/mol. The molecule has 0 fully saturated rings. The summed E-state index contributed by atoms with van der Waals surface area (Å²) in [6.07, 6.45) is 6.78. The predicted molar refractivity (Wildman–Crippen MR) is 91.7 cm³/mol. The van der Waals surface area contributed by atoms with Crippen molar-refractivity contribution in [3.05, 3.63) is 23.8 Å². The minimum atomic E-state index is -0.959. The van der Waals surface area contributed by atoms with Gasteiger partial charge in [-0.25, -0.2) is 9.78 Å². The van der Waals surface area contributed by atoms with Gasteiger partial charge in [-0.15, -0.1) is 0 Å². The van der Waals surface area contributed by atoms with Crippen LogP contribution in [0.4, 0.5) is 0 Å². The first-order valence-electron chi connectivity index (χ1n) is 8.15. The Labute approximate surface area is 142 Å². The summed E-state index contributed by atoms with van der Waals surface area (Å²) in [5.41, 5.74) is 0.439. The van der Waals surface area contributed by atoms with E-state index < -0.39 is 11.6 Å². The topological polar surface area (TPSA) is 98.5 Å². The lowest BCUT2D eigenvalue weighted by atomic mass is 10.1. The quantitative estimate of drug-likeness (QED) is 0.288. The van der Waals surface area contributed by atoms with Crippen LogP contribution in [0.1, 0.15) is 52.7 Å². The van der Waals surface area contributed by atoms with Gasteiger partial charge in [0, 0.05) is 24.7 Å². The highest BCUT2D eigenvalue weighted by Gasteiger charge is 2.17. The summed E-state index contributed by atoms with van der Waals surface area (Å²) < 4.78 is 7.17. The smallest absolute Gasteiger partial charge is 0.478 e. The maximum absolute atomic E-state index is 11.3. The molecule has 1 rings (SSSR count). The van der Waals surface area contributed by atoms with Crippen LogP contribution in [-0.2, 0) is 16.1 Å². The molecule has 7 nitrogen and oxygen atoms in total. The zero-order valence-electron chi connectivity index (χ0n) is 14.9. The number of imidazole rings is 1. The van der Waals surface area contributed by atoms with Crippen LogP contribution in [0, 0.1) is 0 Å². The van der Waals surface area contributed by atoms with Gasteiger partial charge in [0.15, 0.2) is 0 Å². The second kappa shape index (κ2) is 9.10. The molecular formula is C17H28N3O4+. The van der Waals surface area contributed by atoms with Crippen LogP contribution in [-0.4, -0.2) is 44.0 Å². The number of rotatable bonds is 8. The SMILES string of the molecule is CCCn1cnc(/C=C(/CCC[NH+]=C(O)OC(C)(C)C)C(=O)O)c1. The molecule has 0 aliphatic rings. The summed E-state index contributed by atoms with van der Waals surface area (Å²) in [7, 11) is 0. The Morgan fingerprint density at radius 3 is 2.71 bits per heavy atom. The third-order valence-electron chi connectivity index (χ3n) is 3.03. The predicted octanol–water partition coefficient (Wildman–Crippen LogP) is 1.35. The fraction of sp³-hybridized carbons (Fsp3) is 0.588. The molecule has 3 N–H and O–H groups in total. The number of aliphatic hydroxyl groups is 1. The van der Waals surface area contributed by atoms with Crippen molar-refractivity contribution in [2.75, 3.05) is 6.54 Å². The summed E-state index contributed by atoms with van der Waals surface area (Å²) in [6, 6.07) is 0. The lowest BCUT2D eigenvalue weighted by Crippen LogP contribution is -2.74. The van der Waals surface area contributed by atoms with E-state index in [1.807, 2.05) is 31.5 Å². The van der Waals surface area contributed by atoms with Crippen LogP contribution < -0.4 is 4.99 Å². The Balaban J connectivity index is 2.59. The first-order chi connectivity index (χ1) is 11.2. The van der Waals surface area contributed by atoms with Gasteiger partial charge >= 0.3 is 12.1 Å². The number of hydrogen-bond donors (Lipinski definition) is 3. The minimum Gasteiger partial charge on any atom is -0.478 e. The van der Waals surface area contributed by atoms with Crippen LogP contribution in [0.15, 0.2) is 18.1 Å². The summed E-state index contributed by atoms with van der Waals surface area (Å²) in [5, 5.41) is 18.9. The van der Waals surface area contributed by atoms with Crippen molar-refractivity contribution in [1.29, 1.82) is 0 Å². The van der Waals surface area contributed by atoms with Crippen LogP contribution in [0.3, 0.4) is 0 Å².